The van der Waals surface area contributed by atoms with E-state index in [1.165, 1.54) is 30.9 Å². The lowest BCUT2D eigenvalue weighted by molar-refractivity contribution is -0.139. The van der Waals surface area contributed by atoms with Crippen LogP contribution in [0.5, 0.6) is 0 Å². The Kier molecular flexibility index (Phi) is 11.3. The Hall–Kier alpha value is -5.32. The fourth-order valence-corrected chi connectivity index (χ4v) is 6.01. The fourth-order valence-electron chi connectivity index (χ4n) is 6.01. The maximum atomic E-state index is 16.4. The average Bonchev–Trinajstić information content (AvgIpc) is 3.53. The minimum Gasteiger partial charge on any atom is -0.481 e. The number of imidazole rings is 1. The number of hydrogen-bond donors (Lipinski definition) is 2. The number of nitrogens with zero attached hydrogens (tertiary/aromatic N) is 3. The Morgan fingerprint density at radius 1 is 1.06 bits per heavy atom. The van der Waals surface area contributed by atoms with Crippen molar-refractivity contribution in [3.8, 4) is 23.5 Å². The van der Waals surface area contributed by atoms with E-state index in [1.807, 2.05) is 0 Å². The van der Waals surface area contributed by atoms with Crippen molar-refractivity contribution in [3.05, 3.63) is 110 Å². The second kappa shape index (κ2) is 15.1. The number of carbonyl (C=O) groups is 2. The van der Waals surface area contributed by atoms with E-state index in [2.05, 4.69) is 16.2 Å². The lowest BCUT2D eigenvalue weighted by atomic mass is 9.89. The average molecular weight is 701 g/mol. The monoisotopic (exact) mass is 700 g/mol. The van der Waals surface area contributed by atoms with Crippen molar-refractivity contribution >= 4 is 11.9 Å². The molecule has 0 saturated heterocycles. The van der Waals surface area contributed by atoms with E-state index < -0.39 is 76.3 Å². The van der Waals surface area contributed by atoms with Crippen molar-refractivity contribution < 1.29 is 41.0 Å². The van der Waals surface area contributed by atoms with E-state index >= 15 is 8.78 Å². The van der Waals surface area contributed by atoms with Crippen LogP contribution in [0.25, 0.3) is 11.1 Å². The van der Waals surface area contributed by atoms with Crippen LogP contribution in [0, 0.1) is 49.6 Å². The number of nitrogens with one attached hydrogen (secondary N) is 1. The molecule has 14 heteroatoms. The van der Waals surface area contributed by atoms with Gasteiger partial charge >= 0.3 is 12.1 Å². The number of terminal acetylenes is 1. The highest BCUT2D eigenvalue weighted by atomic mass is 19.4. The van der Waals surface area contributed by atoms with E-state index in [4.69, 9.17) is 6.42 Å². The highest BCUT2D eigenvalue weighted by molar-refractivity contribution is 5.82. The van der Waals surface area contributed by atoms with Crippen molar-refractivity contribution in [2.45, 2.75) is 71.8 Å². The highest BCUT2D eigenvalue weighted by Crippen LogP contribution is 2.38. The predicted molar refractivity (Wildman–Crippen MR) is 172 cm³/mol. The third-order valence-corrected chi connectivity index (χ3v) is 8.20. The molecule has 2 aromatic carbocycles. The van der Waals surface area contributed by atoms with Crippen molar-refractivity contribution in [2.75, 3.05) is 0 Å². The van der Waals surface area contributed by atoms with E-state index in [-0.39, 0.29) is 53.1 Å². The summed E-state index contributed by atoms with van der Waals surface area (Å²) in [5.41, 5.74) is -3.60. The molecule has 0 radical (unpaired) electrons. The van der Waals surface area contributed by atoms with Gasteiger partial charge in [0.2, 0.25) is 5.91 Å². The Balaban J connectivity index is 1.85. The summed E-state index contributed by atoms with van der Waals surface area (Å²) in [5.74, 6) is -4.08. The zero-order valence-corrected chi connectivity index (χ0v) is 27.5. The van der Waals surface area contributed by atoms with Gasteiger partial charge in [0.1, 0.15) is 23.5 Å². The van der Waals surface area contributed by atoms with Crippen molar-refractivity contribution in [3.63, 3.8) is 0 Å². The third-order valence-electron chi connectivity index (χ3n) is 8.20. The number of halogens is 6. The molecule has 2 atom stereocenters. The van der Waals surface area contributed by atoms with Gasteiger partial charge in [-0.15, -0.1) is 6.42 Å². The maximum Gasteiger partial charge on any atom is 0.416 e. The van der Waals surface area contributed by atoms with Crippen LogP contribution in [-0.2, 0) is 28.7 Å². The van der Waals surface area contributed by atoms with Gasteiger partial charge in [0.25, 0.3) is 5.56 Å². The predicted octanol–water partition coefficient (Wildman–Crippen LogP) is 6.91. The Labute approximate surface area is 283 Å². The number of carboxylic acids is 1. The molecule has 0 saturated carbocycles. The van der Waals surface area contributed by atoms with Gasteiger partial charge in [0, 0.05) is 42.3 Å². The molecule has 0 aliphatic rings. The molecule has 0 fully saturated rings. The zero-order chi connectivity index (χ0) is 37.1. The number of aromatic nitrogens is 3. The molecular formula is C36H34F6N4O4. The molecular weight excluding hydrogens is 666 g/mol. The smallest absolute Gasteiger partial charge is 0.416 e. The molecule has 0 spiro atoms. The second-order valence-electron chi connectivity index (χ2n) is 12.4. The minimum absolute atomic E-state index is 0.0580. The first-order chi connectivity index (χ1) is 23.4. The number of carbonyl (C=O) groups excluding carboxylic acids is 1. The standard InChI is InChI=1S/C36H34F6N4O4/c1-6-22-14-25(31-20(4)12-24(37)13-21(31)5)34(39)32(33(22)38)27(16-30(48)49)44-35(50)28(11-19(2)3)46-17-23(7-9-45-10-8-43-18-45)26(15-29(46)47)36(40,41)42/h1,8,10,12-15,17-19,27-28H,7,9,11,16H2,2-5H3,(H,44,50)(H,48,49)/t27-,28-/m0/s1. The van der Waals surface area contributed by atoms with Gasteiger partial charge in [-0.3, -0.25) is 14.4 Å². The van der Waals surface area contributed by atoms with Crippen LogP contribution < -0.4 is 10.9 Å². The summed E-state index contributed by atoms with van der Waals surface area (Å²) in [7, 11) is 0. The normalized spacial score (nSPS) is 12.8. The van der Waals surface area contributed by atoms with Crippen molar-refractivity contribution in [2.24, 2.45) is 5.92 Å². The molecule has 2 aromatic heterocycles. The van der Waals surface area contributed by atoms with E-state index in [9.17, 15) is 37.1 Å². The highest BCUT2D eigenvalue weighted by Gasteiger charge is 2.36. The number of benzene rings is 2. The summed E-state index contributed by atoms with van der Waals surface area (Å²) < 4.78 is 90.9. The largest absolute Gasteiger partial charge is 0.481 e. The van der Waals surface area contributed by atoms with Gasteiger partial charge in [-0.05, 0) is 73.1 Å². The molecule has 1 amide bonds. The Morgan fingerprint density at radius 2 is 1.72 bits per heavy atom. The molecule has 0 unspecified atom stereocenters. The molecule has 0 aliphatic carbocycles. The van der Waals surface area contributed by atoms with Crippen LogP contribution in [0.1, 0.15) is 72.2 Å². The van der Waals surface area contributed by atoms with Crippen LogP contribution in [0.4, 0.5) is 26.3 Å². The Bertz CT molecular complexity index is 1990. The van der Waals surface area contributed by atoms with Crippen molar-refractivity contribution in [1.82, 2.24) is 19.4 Å². The lowest BCUT2D eigenvalue weighted by Gasteiger charge is -2.27. The summed E-state index contributed by atoms with van der Waals surface area (Å²) in [5, 5.41) is 12.1. The summed E-state index contributed by atoms with van der Waals surface area (Å²) in [4.78, 5) is 43.1. The van der Waals surface area contributed by atoms with Crippen LogP contribution >= 0.6 is 0 Å². The zero-order valence-electron chi connectivity index (χ0n) is 27.5. The summed E-state index contributed by atoms with van der Waals surface area (Å²) in [6, 6.07) is 0.242. The van der Waals surface area contributed by atoms with Gasteiger partial charge in [0.05, 0.1) is 29.9 Å². The van der Waals surface area contributed by atoms with E-state index in [0.717, 1.165) is 29.0 Å². The fraction of sp³-hybridized carbons (Fsp3) is 0.333. The first-order valence-electron chi connectivity index (χ1n) is 15.5. The summed E-state index contributed by atoms with van der Waals surface area (Å²) in [6.07, 6.45) is 4.58. The van der Waals surface area contributed by atoms with Crippen LogP contribution in [0.2, 0.25) is 0 Å². The van der Waals surface area contributed by atoms with Gasteiger partial charge in [-0.25, -0.2) is 18.2 Å². The van der Waals surface area contributed by atoms with Gasteiger partial charge < -0.3 is 19.6 Å². The number of aliphatic carboxylic acids is 1. The van der Waals surface area contributed by atoms with Crippen LogP contribution in [0.15, 0.2) is 54.0 Å². The summed E-state index contributed by atoms with van der Waals surface area (Å²) in [6.45, 7) is 6.39. The molecule has 4 rings (SSSR count). The summed E-state index contributed by atoms with van der Waals surface area (Å²) >= 11 is 0. The number of rotatable bonds is 12. The molecule has 50 heavy (non-hydrogen) atoms. The molecule has 2 N–H and O–H groups in total. The number of carboxylic acid groups (broad SMARTS) is 1. The molecule has 0 bridgehead atoms. The van der Waals surface area contributed by atoms with Crippen molar-refractivity contribution in [1.29, 1.82) is 0 Å². The molecule has 264 valence electrons. The topological polar surface area (TPSA) is 106 Å². The minimum atomic E-state index is -4.90. The molecule has 4 aromatic rings. The molecule has 2 heterocycles. The van der Waals surface area contributed by atoms with Gasteiger partial charge in [-0.2, -0.15) is 13.2 Å². The van der Waals surface area contributed by atoms with Crippen LogP contribution in [0.3, 0.4) is 0 Å². The van der Waals surface area contributed by atoms with E-state index in [0.29, 0.717) is 6.07 Å². The number of hydrogen-bond acceptors (Lipinski definition) is 4. The number of pyridine rings is 1. The third kappa shape index (κ3) is 8.27. The number of aryl methyl sites for hydroxylation is 4. The van der Waals surface area contributed by atoms with Gasteiger partial charge in [-0.1, -0.05) is 19.8 Å². The first-order valence-corrected chi connectivity index (χ1v) is 15.5. The second-order valence-corrected chi connectivity index (χ2v) is 12.4. The molecule has 0 aliphatic heterocycles. The van der Waals surface area contributed by atoms with E-state index in [1.54, 1.807) is 20.0 Å². The Morgan fingerprint density at radius 3 is 2.26 bits per heavy atom. The molecule has 8 nitrogen and oxygen atoms in total. The SMILES string of the molecule is C#Cc1cc(-c2c(C)cc(F)cc2C)c(F)c([C@H](CC(=O)O)NC(=O)[C@H](CC(C)C)n2cc(CCn3ccnc3)c(C(F)(F)F)cc2=O)c1F. The van der Waals surface area contributed by atoms with Gasteiger partial charge in [0.15, 0.2) is 0 Å². The maximum absolute atomic E-state index is 16.4. The number of alkyl halides is 3. The lowest BCUT2D eigenvalue weighted by Crippen LogP contribution is -2.41. The van der Waals surface area contributed by atoms with Crippen LogP contribution in [-0.4, -0.2) is 31.1 Å². The number of amides is 1. The quantitative estimate of drug-likeness (QED) is 0.124. The first kappa shape index (κ1) is 37.5.